The molecule has 1 aromatic heterocycles. The molecule has 0 fully saturated rings. The van der Waals surface area contributed by atoms with Crippen molar-refractivity contribution in [1.82, 2.24) is 19.1 Å². The maximum Gasteiger partial charge on any atom is 0.243 e. The standard InChI is InChI=1S/C20H23N5O3S2/c1-3-24(4-2)30(27,28)18-12-10-16(11-13-18)22-19(26)14-29-20-23-21-15-25(20)17-8-6-5-7-9-17/h5-13,15H,3-4,14H2,1-2H3,(H,22,26). The number of carbonyl (C=O) groups is 1. The summed E-state index contributed by atoms with van der Waals surface area (Å²) >= 11 is 1.27. The quantitative estimate of drug-likeness (QED) is 0.509. The van der Waals surface area contributed by atoms with Gasteiger partial charge in [0.05, 0.1) is 10.6 Å². The van der Waals surface area contributed by atoms with Crippen LogP contribution in [-0.2, 0) is 14.8 Å². The Labute approximate surface area is 180 Å². The Morgan fingerprint density at radius 3 is 2.37 bits per heavy atom. The van der Waals surface area contributed by atoms with E-state index in [-0.39, 0.29) is 16.6 Å². The Bertz CT molecular complexity index is 1080. The van der Waals surface area contributed by atoms with E-state index in [0.29, 0.717) is 23.9 Å². The zero-order valence-corrected chi connectivity index (χ0v) is 18.4. The van der Waals surface area contributed by atoms with Crippen molar-refractivity contribution in [2.75, 3.05) is 24.2 Å². The SMILES string of the molecule is CCN(CC)S(=O)(=O)c1ccc(NC(=O)CSc2nncn2-c2ccccc2)cc1. The number of amides is 1. The highest BCUT2D eigenvalue weighted by molar-refractivity contribution is 7.99. The van der Waals surface area contributed by atoms with Crippen molar-refractivity contribution in [3.8, 4) is 5.69 Å². The van der Waals surface area contributed by atoms with E-state index in [9.17, 15) is 13.2 Å². The zero-order valence-electron chi connectivity index (χ0n) is 16.7. The third-order valence-electron chi connectivity index (χ3n) is 4.36. The van der Waals surface area contributed by atoms with Crippen LogP contribution in [0, 0.1) is 0 Å². The molecule has 0 spiro atoms. The fourth-order valence-corrected chi connectivity index (χ4v) is 5.03. The lowest BCUT2D eigenvalue weighted by molar-refractivity contribution is -0.113. The second-order valence-electron chi connectivity index (χ2n) is 6.27. The largest absolute Gasteiger partial charge is 0.325 e. The summed E-state index contributed by atoms with van der Waals surface area (Å²) < 4.78 is 28.3. The van der Waals surface area contributed by atoms with E-state index in [4.69, 9.17) is 0 Å². The summed E-state index contributed by atoms with van der Waals surface area (Å²) in [7, 11) is -3.52. The van der Waals surface area contributed by atoms with Crippen LogP contribution >= 0.6 is 11.8 Å². The van der Waals surface area contributed by atoms with Crippen molar-refractivity contribution in [2.45, 2.75) is 23.9 Å². The summed E-state index contributed by atoms with van der Waals surface area (Å²) in [6.45, 7) is 4.40. The van der Waals surface area contributed by atoms with Crippen LogP contribution in [0.15, 0.2) is 71.0 Å². The summed E-state index contributed by atoms with van der Waals surface area (Å²) in [5, 5.41) is 11.4. The number of aromatic nitrogens is 3. The number of anilines is 1. The van der Waals surface area contributed by atoms with Gasteiger partial charge in [0.25, 0.3) is 0 Å². The molecule has 0 aliphatic rings. The third kappa shape index (κ3) is 5.07. The number of rotatable bonds is 9. The lowest BCUT2D eigenvalue weighted by atomic mass is 10.3. The van der Waals surface area contributed by atoms with Crippen molar-refractivity contribution in [3.05, 3.63) is 60.9 Å². The summed E-state index contributed by atoms with van der Waals surface area (Å²) in [6, 6.07) is 15.8. The molecule has 3 rings (SSSR count). The molecule has 0 atom stereocenters. The summed E-state index contributed by atoms with van der Waals surface area (Å²) in [5.74, 6) is -0.0765. The average molecular weight is 446 g/mol. The van der Waals surface area contributed by atoms with Crippen LogP contribution in [0.2, 0.25) is 0 Å². The molecule has 0 aliphatic carbocycles. The van der Waals surface area contributed by atoms with E-state index in [2.05, 4.69) is 15.5 Å². The molecule has 10 heteroatoms. The fraction of sp³-hybridized carbons (Fsp3) is 0.250. The average Bonchev–Trinajstić information content (AvgIpc) is 3.23. The van der Waals surface area contributed by atoms with Crippen LogP contribution in [0.1, 0.15) is 13.8 Å². The topological polar surface area (TPSA) is 97.2 Å². The van der Waals surface area contributed by atoms with Crippen LogP contribution < -0.4 is 5.32 Å². The van der Waals surface area contributed by atoms with E-state index in [1.54, 1.807) is 32.3 Å². The molecule has 1 amide bonds. The zero-order chi connectivity index (χ0) is 21.6. The van der Waals surface area contributed by atoms with Gasteiger partial charge in [-0.05, 0) is 36.4 Å². The van der Waals surface area contributed by atoms with Gasteiger partial charge in [0, 0.05) is 24.5 Å². The van der Waals surface area contributed by atoms with Crippen molar-refractivity contribution >= 4 is 33.4 Å². The van der Waals surface area contributed by atoms with Crippen LogP contribution in [0.5, 0.6) is 0 Å². The molecule has 0 saturated carbocycles. The monoisotopic (exact) mass is 445 g/mol. The van der Waals surface area contributed by atoms with Crippen LogP contribution in [0.4, 0.5) is 5.69 Å². The predicted octanol–water partition coefficient (Wildman–Crippen LogP) is 3.03. The van der Waals surface area contributed by atoms with Crippen molar-refractivity contribution in [3.63, 3.8) is 0 Å². The highest BCUT2D eigenvalue weighted by Gasteiger charge is 2.21. The molecular weight excluding hydrogens is 422 g/mol. The second kappa shape index (κ2) is 9.88. The number of benzene rings is 2. The molecule has 2 aromatic carbocycles. The minimum absolute atomic E-state index is 0.144. The van der Waals surface area contributed by atoms with Gasteiger partial charge in [0.15, 0.2) is 5.16 Å². The number of thioether (sulfide) groups is 1. The first-order valence-electron chi connectivity index (χ1n) is 9.44. The summed E-state index contributed by atoms with van der Waals surface area (Å²) in [6.07, 6.45) is 1.60. The molecule has 0 aliphatic heterocycles. The molecule has 158 valence electrons. The van der Waals surface area contributed by atoms with Gasteiger partial charge in [-0.15, -0.1) is 10.2 Å². The lowest BCUT2D eigenvalue weighted by Gasteiger charge is -2.18. The maximum atomic E-state index is 12.5. The van der Waals surface area contributed by atoms with E-state index in [1.165, 1.54) is 28.2 Å². The Hall–Kier alpha value is -2.69. The first-order valence-corrected chi connectivity index (χ1v) is 11.9. The summed E-state index contributed by atoms with van der Waals surface area (Å²) in [5.41, 5.74) is 1.44. The second-order valence-corrected chi connectivity index (χ2v) is 9.15. The number of carbonyl (C=O) groups excluding carboxylic acids is 1. The first-order chi connectivity index (χ1) is 14.5. The number of nitrogens with zero attached hydrogens (tertiary/aromatic N) is 4. The van der Waals surface area contributed by atoms with Gasteiger partial charge in [0.2, 0.25) is 15.9 Å². The Balaban J connectivity index is 1.61. The number of hydrogen-bond donors (Lipinski definition) is 1. The van der Waals surface area contributed by atoms with Gasteiger partial charge in [-0.25, -0.2) is 8.42 Å². The number of sulfonamides is 1. The Morgan fingerprint density at radius 1 is 1.07 bits per heavy atom. The van der Waals surface area contributed by atoms with Crippen LogP contribution in [0.3, 0.4) is 0 Å². The van der Waals surface area contributed by atoms with E-state index >= 15 is 0 Å². The molecule has 3 aromatic rings. The van der Waals surface area contributed by atoms with Crippen LogP contribution in [-0.4, -0.2) is 52.2 Å². The Kier molecular flexibility index (Phi) is 7.24. The Morgan fingerprint density at radius 2 is 1.73 bits per heavy atom. The molecule has 1 heterocycles. The fourth-order valence-electron chi connectivity index (χ4n) is 2.84. The molecule has 0 saturated heterocycles. The van der Waals surface area contributed by atoms with E-state index < -0.39 is 10.0 Å². The van der Waals surface area contributed by atoms with Crippen LogP contribution in [0.25, 0.3) is 5.69 Å². The lowest BCUT2D eigenvalue weighted by Crippen LogP contribution is -2.30. The van der Waals surface area contributed by atoms with E-state index in [1.807, 2.05) is 34.9 Å². The highest BCUT2D eigenvalue weighted by Crippen LogP contribution is 2.21. The highest BCUT2D eigenvalue weighted by atomic mass is 32.2. The van der Waals surface area contributed by atoms with Gasteiger partial charge in [-0.3, -0.25) is 9.36 Å². The first kappa shape index (κ1) is 22.0. The molecule has 8 nitrogen and oxygen atoms in total. The predicted molar refractivity (Wildman–Crippen MR) is 117 cm³/mol. The molecule has 0 radical (unpaired) electrons. The van der Waals surface area contributed by atoms with Gasteiger partial charge in [-0.2, -0.15) is 4.31 Å². The molecular formula is C20H23N5O3S2. The number of para-hydroxylation sites is 1. The van der Waals surface area contributed by atoms with E-state index in [0.717, 1.165) is 5.69 Å². The number of nitrogens with one attached hydrogen (secondary N) is 1. The normalized spacial score (nSPS) is 11.6. The van der Waals surface area contributed by atoms with Crippen molar-refractivity contribution < 1.29 is 13.2 Å². The van der Waals surface area contributed by atoms with Crippen molar-refractivity contribution in [1.29, 1.82) is 0 Å². The van der Waals surface area contributed by atoms with Gasteiger partial charge in [0.1, 0.15) is 6.33 Å². The van der Waals surface area contributed by atoms with Gasteiger partial charge >= 0.3 is 0 Å². The van der Waals surface area contributed by atoms with Gasteiger partial charge in [-0.1, -0.05) is 43.8 Å². The van der Waals surface area contributed by atoms with Crippen molar-refractivity contribution in [2.24, 2.45) is 0 Å². The minimum atomic E-state index is -3.52. The summed E-state index contributed by atoms with van der Waals surface area (Å²) in [4.78, 5) is 12.5. The maximum absolute atomic E-state index is 12.5. The number of hydrogen-bond acceptors (Lipinski definition) is 6. The third-order valence-corrected chi connectivity index (χ3v) is 7.37. The minimum Gasteiger partial charge on any atom is -0.325 e. The molecule has 1 N–H and O–H groups in total. The molecule has 0 unspecified atom stereocenters. The van der Waals surface area contributed by atoms with Gasteiger partial charge < -0.3 is 5.32 Å². The smallest absolute Gasteiger partial charge is 0.243 e. The molecule has 30 heavy (non-hydrogen) atoms. The molecule has 0 bridgehead atoms.